The molecular weight excluding hydrogens is 168 g/mol. The molecule has 0 aliphatic carbocycles. The highest BCUT2D eigenvalue weighted by molar-refractivity contribution is 4.87. The summed E-state index contributed by atoms with van der Waals surface area (Å²) in [5.41, 5.74) is 0. The van der Waals surface area contributed by atoms with Gasteiger partial charge in [0.2, 0.25) is 0 Å². The molecule has 5 atom stereocenters. The van der Waals surface area contributed by atoms with Gasteiger partial charge in [0.05, 0.1) is 7.98 Å². The maximum absolute atomic E-state index is 9.15. The molecule has 1 aliphatic rings. The monoisotopic (exact) mass is 181 g/mol. The van der Waals surface area contributed by atoms with E-state index in [1.165, 1.54) is 0 Å². The van der Waals surface area contributed by atoms with E-state index >= 15 is 0 Å². The first-order chi connectivity index (χ1) is 5.90. The Hall–Kier alpha value is -0.240. The van der Waals surface area contributed by atoms with E-state index in [-0.39, 0.29) is 0 Å². The largest absolute Gasteiger partial charge is 0.394 e. The van der Waals surface area contributed by atoms with Gasteiger partial charge in [0.15, 0.2) is 6.27 Å². The molecule has 0 bridgehead atoms. The van der Waals surface area contributed by atoms with Crippen LogP contribution in [0.3, 0.4) is 0 Å². The van der Waals surface area contributed by atoms with Crippen LogP contribution in [-0.4, -0.2) is 62.8 Å². The Balaban J connectivity index is 2.79. The first kappa shape index (κ1) is 8.36. The van der Waals surface area contributed by atoms with Crippen LogP contribution in [0, 0.1) is 0 Å². The molecule has 0 aromatic carbocycles. The van der Waals surface area contributed by atoms with Gasteiger partial charge in [-0.25, -0.2) is 0 Å². The van der Waals surface area contributed by atoms with Crippen LogP contribution in [0.25, 0.3) is 0 Å². The smallest absolute Gasteiger partial charge is 0.184 e. The topological polar surface area (TPSA) is 110 Å². The molecule has 1 saturated heterocycles. The molecule has 0 unspecified atom stereocenters. The third kappa shape index (κ3) is 1.58. The minimum atomic E-state index is -2.70. The molecule has 0 aromatic rings. The minimum Gasteiger partial charge on any atom is -0.394 e. The first-order valence-electron chi connectivity index (χ1n) is 3.95. The molecular formula is C6H12O6. The Labute approximate surface area is 70.0 Å². The second-order valence-electron chi connectivity index (χ2n) is 2.60. The van der Waals surface area contributed by atoms with E-state index in [0.717, 1.165) is 0 Å². The third-order valence-corrected chi connectivity index (χ3v) is 1.76. The van der Waals surface area contributed by atoms with Gasteiger partial charge in [-0.3, -0.25) is 0 Å². The van der Waals surface area contributed by atoms with Gasteiger partial charge in [-0.15, -0.1) is 0 Å². The molecule has 0 radical (unpaired) electrons. The normalized spacial score (nSPS) is 56.6. The second kappa shape index (κ2) is 3.65. The predicted molar refractivity (Wildman–Crippen MR) is 36.0 cm³/mol. The molecule has 6 nitrogen and oxygen atoms in total. The van der Waals surface area contributed by atoms with E-state index in [9.17, 15) is 0 Å². The number of aliphatic hydroxyl groups excluding tert-OH is 4. The molecule has 0 saturated carbocycles. The van der Waals surface area contributed by atoms with Crippen LogP contribution in [-0.2, 0) is 4.74 Å². The van der Waals surface area contributed by atoms with Crippen molar-refractivity contribution in [2.24, 2.45) is 0 Å². The maximum atomic E-state index is 9.15. The van der Waals surface area contributed by atoms with Crippen LogP contribution in [0.15, 0.2) is 0 Å². The summed E-state index contributed by atoms with van der Waals surface area (Å²) in [6.45, 7) is -0.661. The second-order valence-corrected chi connectivity index (χ2v) is 2.60. The van der Waals surface area contributed by atoms with Crippen molar-refractivity contribution in [2.75, 3.05) is 6.61 Å². The SMILES string of the molecule is [2H][C@]1(O)O[C@H](CO)[C@@H](O)[C@H](O)[C@@H]1O. The lowest BCUT2D eigenvalue weighted by molar-refractivity contribution is -0.286. The standard InChI is InChI=1S/C6H12O6/c7-1-2-3(8)4(9)5(10)6(11)12-2/h2-11H,1H2/t2-,3-,4+,5+,6+/m1/s1/i6D. The molecule has 72 valence electrons. The quantitative estimate of drug-likeness (QED) is 0.291. The van der Waals surface area contributed by atoms with Crippen molar-refractivity contribution in [1.29, 1.82) is 0 Å². The number of aliphatic hydroxyl groups is 5. The van der Waals surface area contributed by atoms with E-state index in [0.29, 0.717) is 0 Å². The van der Waals surface area contributed by atoms with E-state index in [4.69, 9.17) is 26.9 Å². The van der Waals surface area contributed by atoms with Crippen molar-refractivity contribution >= 4 is 0 Å². The van der Waals surface area contributed by atoms with Crippen LogP contribution in [0.4, 0.5) is 0 Å². The van der Waals surface area contributed by atoms with E-state index in [2.05, 4.69) is 4.74 Å². The van der Waals surface area contributed by atoms with E-state index in [1.807, 2.05) is 0 Å². The summed E-state index contributed by atoms with van der Waals surface area (Å²) >= 11 is 0. The fourth-order valence-corrected chi connectivity index (χ4v) is 0.993. The molecule has 5 N–H and O–H groups in total. The van der Waals surface area contributed by atoms with Gasteiger partial charge in [-0.2, -0.15) is 0 Å². The molecule has 0 amide bonds. The van der Waals surface area contributed by atoms with E-state index < -0.39 is 37.3 Å². The zero-order chi connectivity index (χ0) is 10.2. The average molecular weight is 181 g/mol. The van der Waals surface area contributed by atoms with Crippen molar-refractivity contribution in [1.82, 2.24) is 0 Å². The summed E-state index contributed by atoms with van der Waals surface area (Å²) in [5.74, 6) is 0. The van der Waals surface area contributed by atoms with Gasteiger partial charge in [0.1, 0.15) is 24.4 Å². The lowest BCUT2D eigenvalue weighted by atomic mass is 10.00. The Kier molecular flexibility index (Phi) is 2.54. The zero-order valence-corrected chi connectivity index (χ0v) is 6.16. The summed E-state index contributed by atoms with van der Waals surface area (Å²) < 4.78 is 11.4. The molecule has 6 heteroatoms. The summed E-state index contributed by atoms with van der Waals surface area (Å²) in [4.78, 5) is 0. The molecule has 1 heterocycles. The lowest BCUT2D eigenvalue weighted by Gasteiger charge is -2.37. The summed E-state index contributed by atoms with van der Waals surface area (Å²) in [5, 5.41) is 45.0. The van der Waals surface area contributed by atoms with E-state index in [1.54, 1.807) is 0 Å². The summed E-state index contributed by atoms with van der Waals surface area (Å²) in [7, 11) is 0. The molecule has 1 aliphatic heterocycles. The Bertz CT molecular complexity index is 184. The van der Waals surface area contributed by atoms with Crippen molar-refractivity contribution in [3.63, 3.8) is 0 Å². The third-order valence-electron chi connectivity index (χ3n) is 1.76. The molecule has 1 rings (SSSR count). The van der Waals surface area contributed by atoms with Gasteiger partial charge in [-0.1, -0.05) is 0 Å². The lowest BCUT2D eigenvalue weighted by Crippen LogP contribution is -2.58. The summed E-state index contributed by atoms with van der Waals surface area (Å²) in [6, 6.07) is 0. The predicted octanol–water partition coefficient (Wildman–Crippen LogP) is -3.22. The van der Waals surface area contributed by atoms with Crippen molar-refractivity contribution in [3.8, 4) is 0 Å². The van der Waals surface area contributed by atoms with Gasteiger partial charge in [-0.05, 0) is 0 Å². The van der Waals surface area contributed by atoms with Crippen LogP contribution in [0.1, 0.15) is 1.37 Å². The van der Waals surface area contributed by atoms with Crippen molar-refractivity contribution < 1.29 is 31.6 Å². The van der Waals surface area contributed by atoms with Crippen molar-refractivity contribution in [2.45, 2.75) is 30.7 Å². The molecule has 0 aromatic heterocycles. The van der Waals surface area contributed by atoms with Gasteiger partial charge < -0.3 is 30.3 Å². The highest BCUT2D eigenvalue weighted by Gasteiger charge is 2.42. The number of hydrogen-bond donors (Lipinski definition) is 5. The van der Waals surface area contributed by atoms with Crippen LogP contribution in [0.5, 0.6) is 0 Å². The number of ether oxygens (including phenoxy) is 1. The number of rotatable bonds is 1. The van der Waals surface area contributed by atoms with Gasteiger partial charge in [0.25, 0.3) is 0 Å². The van der Waals surface area contributed by atoms with Gasteiger partial charge in [0, 0.05) is 0 Å². The fraction of sp³-hybridized carbons (Fsp3) is 1.00. The minimum absolute atomic E-state index is 0.661. The van der Waals surface area contributed by atoms with Crippen molar-refractivity contribution in [3.05, 3.63) is 0 Å². The fourth-order valence-electron chi connectivity index (χ4n) is 0.993. The number of hydrogen-bond acceptors (Lipinski definition) is 6. The highest BCUT2D eigenvalue weighted by Crippen LogP contribution is 2.18. The van der Waals surface area contributed by atoms with Crippen LogP contribution >= 0.6 is 0 Å². The Morgan fingerprint density at radius 2 is 1.67 bits per heavy atom. The zero-order valence-electron chi connectivity index (χ0n) is 7.16. The summed E-state index contributed by atoms with van der Waals surface area (Å²) in [6.07, 6.45) is -9.14. The first-order valence-corrected chi connectivity index (χ1v) is 3.45. The molecule has 1 fully saturated rings. The molecule has 12 heavy (non-hydrogen) atoms. The Morgan fingerprint density at radius 3 is 2.17 bits per heavy atom. The maximum Gasteiger partial charge on any atom is 0.184 e. The van der Waals surface area contributed by atoms with Crippen LogP contribution < -0.4 is 0 Å². The van der Waals surface area contributed by atoms with Crippen LogP contribution in [0.2, 0.25) is 0 Å². The average Bonchev–Trinajstić information content (AvgIpc) is 2.08. The van der Waals surface area contributed by atoms with Gasteiger partial charge >= 0.3 is 0 Å². The Morgan fingerprint density at radius 1 is 1.08 bits per heavy atom. The molecule has 0 spiro atoms. The highest BCUT2D eigenvalue weighted by atomic mass is 16.6.